The number of ketones is 1. The number of piperidine rings is 2. The van der Waals surface area contributed by atoms with Crippen LogP contribution in [0.3, 0.4) is 0 Å². The van der Waals surface area contributed by atoms with Gasteiger partial charge in [-0.1, -0.05) is 12.1 Å². The molecule has 7 N–H and O–H groups in total. The molecule has 8 rings (SSSR count). The van der Waals surface area contributed by atoms with E-state index in [0.29, 0.717) is 80.7 Å². The van der Waals surface area contributed by atoms with Gasteiger partial charge in [0.05, 0.1) is 11.6 Å². The average Bonchev–Trinajstić information content (AvgIpc) is 3.31. The second kappa shape index (κ2) is 22.6. The molecule has 4 heterocycles. The molecule has 0 aliphatic carbocycles. The number of aliphatic hydroxyl groups excluding tert-OH is 1. The molecule has 4 aromatic carbocycles. The number of amides is 4. The number of fused-ring (bicyclic) bond motifs is 2. The molecule has 3 radical (unpaired) electrons. The molecule has 1 unspecified atom stereocenters. The van der Waals surface area contributed by atoms with Crippen LogP contribution >= 0.6 is 0 Å². The summed E-state index contributed by atoms with van der Waals surface area (Å²) in [4.78, 5) is 45.3. The Bertz CT molecular complexity index is 2620. The van der Waals surface area contributed by atoms with Gasteiger partial charge >= 0.3 is 54.0 Å². The Morgan fingerprint density at radius 3 is 1.56 bits per heavy atom. The molecule has 2 spiro atoms. The summed E-state index contributed by atoms with van der Waals surface area (Å²) >= 11 is 0. The predicted molar refractivity (Wildman–Crippen MR) is 245 cm³/mol. The van der Waals surface area contributed by atoms with E-state index in [4.69, 9.17) is 11.5 Å². The van der Waals surface area contributed by atoms with Gasteiger partial charge in [-0.3, -0.25) is 4.79 Å². The topological polar surface area (TPSA) is 160 Å². The Morgan fingerprint density at radius 2 is 1.10 bits per heavy atom. The summed E-state index contributed by atoms with van der Waals surface area (Å²) in [5.74, 6) is -3.15. The van der Waals surface area contributed by atoms with Crippen molar-refractivity contribution >= 4 is 37.6 Å². The number of likely N-dealkylation sites (tertiary alicyclic amines) is 2. The Hall–Kier alpha value is -5.07. The van der Waals surface area contributed by atoms with Gasteiger partial charge in [-0.25, -0.2) is 27.2 Å². The maximum Gasteiger partial charge on any atom is 1.00 e. The smallest absolute Gasteiger partial charge is 1.00 e. The van der Waals surface area contributed by atoms with Crippen LogP contribution in [0.2, 0.25) is 0 Å². The van der Waals surface area contributed by atoms with E-state index in [1.165, 1.54) is 36.4 Å². The zero-order valence-corrected chi connectivity index (χ0v) is 41.6. The second-order valence-corrected chi connectivity index (χ2v) is 18.3. The Balaban J connectivity index is 0.000000304. The SMILES string of the molecule is CN1c2ccc(F)cc2C(=O)CC12CCN(C(=O)NCc1ccc(F)c([C@@H](N)C(F)(F)F)c1)CC2.CN1c2ccc(F)cc2C(O)CC12CCN(C(=O)NCc1ccc(F)c([C@@H](N)C(F)(F)F)c1)CC2.[B].[H-].[Na+]. The van der Waals surface area contributed by atoms with Crippen molar-refractivity contribution in [3.05, 3.63) is 129 Å². The van der Waals surface area contributed by atoms with E-state index >= 15 is 0 Å². The van der Waals surface area contributed by atoms with Gasteiger partial charge in [-0.05, 0) is 97.5 Å². The van der Waals surface area contributed by atoms with Crippen LogP contribution in [0.4, 0.5) is 64.9 Å². The number of hydrogen-bond donors (Lipinski definition) is 5. The number of nitrogens with two attached hydrogens (primary N) is 2. The van der Waals surface area contributed by atoms with E-state index in [1.807, 2.05) is 23.9 Å². The first-order valence-corrected chi connectivity index (χ1v) is 22.4. The molecular weight excluding hydrogens is 976 g/mol. The molecule has 383 valence electrons. The molecule has 3 atom stereocenters. The number of nitrogens with one attached hydrogen (secondary N) is 2. The molecule has 4 aliphatic rings. The van der Waals surface area contributed by atoms with E-state index in [0.717, 1.165) is 30.0 Å². The van der Waals surface area contributed by atoms with E-state index in [-0.39, 0.29) is 75.8 Å². The van der Waals surface area contributed by atoms with Crippen molar-refractivity contribution in [1.29, 1.82) is 0 Å². The minimum Gasteiger partial charge on any atom is -1.00 e. The zero-order chi connectivity index (χ0) is 51.1. The Labute approximate surface area is 434 Å². The van der Waals surface area contributed by atoms with Crippen LogP contribution in [-0.2, 0) is 13.1 Å². The third-order valence-electron chi connectivity index (χ3n) is 14.2. The minimum atomic E-state index is -4.80. The van der Waals surface area contributed by atoms with Crippen molar-refractivity contribution in [1.82, 2.24) is 20.4 Å². The maximum atomic E-state index is 13.9. The van der Waals surface area contributed by atoms with Gasteiger partial charge in [0.25, 0.3) is 0 Å². The summed E-state index contributed by atoms with van der Waals surface area (Å²) in [7, 11) is 3.76. The molecule has 2 fully saturated rings. The monoisotopic (exact) mass is 1030 g/mol. The molecule has 4 aliphatic heterocycles. The van der Waals surface area contributed by atoms with E-state index in [9.17, 15) is 63.4 Å². The molecule has 2 saturated heterocycles. The van der Waals surface area contributed by atoms with E-state index in [2.05, 4.69) is 10.6 Å². The molecule has 4 amide bonds. The first-order valence-electron chi connectivity index (χ1n) is 22.4. The third kappa shape index (κ3) is 12.3. The molecule has 0 saturated carbocycles. The fourth-order valence-corrected chi connectivity index (χ4v) is 9.87. The number of halogens is 10. The van der Waals surface area contributed by atoms with Gasteiger partial charge in [0.15, 0.2) is 5.78 Å². The maximum absolute atomic E-state index is 13.9. The number of benzene rings is 4. The quantitative estimate of drug-likeness (QED) is 0.131. The number of nitrogens with zero attached hydrogens (tertiary/aromatic N) is 4. The number of Topliss-reactive ketones (excluding diaryl/α,β-unsaturated/α-hetero) is 1. The normalized spacial score (nSPS) is 18.9. The number of hydrogen-bond acceptors (Lipinski definition) is 8. The minimum absolute atomic E-state index is 0. The van der Waals surface area contributed by atoms with Crippen LogP contribution in [0, 0.1) is 23.3 Å². The van der Waals surface area contributed by atoms with Gasteiger partial charge in [-0.2, -0.15) is 26.3 Å². The van der Waals surface area contributed by atoms with Crippen molar-refractivity contribution in [2.24, 2.45) is 11.5 Å². The largest absolute Gasteiger partial charge is 1.00 e. The van der Waals surface area contributed by atoms with Gasteiger partial charge < -0.3 is 48.2 Å². The molecule has 24 heteroatoms. The van der Waals surface area contributed by atoms with Crippen LogP contribution in [-0.4, -0.2) is 105 Å². The number of urea groups is 2. The number of aliphatic hydroxyl groups is 1. The van der Waals surface area contributed by atoms with Crippen LogP contribution in [0.15, 0.2) is 72.8 Å². The van der Waals surface area contributed by atoms with Crippen molar-refractivity contribution in [2.75, 3.05) is 50.1 Å². The Kier molecular flexibility index (Phi) is 18.1. The number of alkyl halides is 6. The number of rotatable bonds is 6. The van der Waals surface area contributed by atoms with Gasteiger partial charge in [0.2, 0.25) is 0 Å². The first kappa shape index (κ1) is 57.8. The van der Waals surface area contributed by atoms with Crippen molar-refractivity contribution in [3.63, 3.8) is 0 Å². The number of carbonyl (C=O) groups excluding carboxylic acids is 3. The molecule has 12 nitrogen and oxygen atoms in total. The fourth-order valence-electron chi connectivity index (χ4n) is 9.87. The van der Waals surface area contributed by atoms with Gasteiger partial charge in [-0.15, -0.1) is 0 Å². The Morgan fingerprint density at radius 1 is 0.681 bits per heavy atom. The molecule has 0 aromatic heterocycles. The first-order chi connectivity index (χ1) is 32.8. The number of anilines is 2. The van der Waals surface area contributed by atoms with Crippen LogP contribution in [0.25, 0.3) is 0 Å². The van der Waals surface area contributed by atoms with E-state index in [1.54, 1.807) is 21.9 Å². The summed E-state index contributed by atoms with van der Waals surface area (Å²) in [6, 6.07) is 9.15. The summed E-state index contributed by atoms with van der Waals surface area (Å²) in [6.45, 7) is 1.31. The van der Waals surface area contributed by atoms with E-state index < -0.39 is 82.5 Å². The van der Waals surface area contributed by atoms with Crippen molar-refractivity contribution in [2.45, 2.75) is 93.2 Å². The van der Waals surface area contributed by atoms with Crippen LogP contribution in [0.5, 0.6) is 0 Å². The molecule has 72 heavy (non-hydrogen) atoms. The van der Waals surface area contributed by atoms with Crippen molar-refractivity contribution < 1.29 is 94.4 Å². The van der Waals surface area contributed by atoms with Crippen LogP contribution in [0.1, 0.15) is 96.3 Å². The second-order valence-electron chi connectivity index (χ2n) is 18.3. The van der Waals surface area contributed by atoms with Crippen LogP contribution < -0.4 is 61.5 Å². The van der Waals surface area contributed by atoms with Crippen molar-refractivity contribution in [3.8, 4) is 0 Å². The fraction of sp³-hybridized carbons (Fsp3) is 0.438. The summed E-state index contributed by atoms with van der Waals surface area (Å²) in [6.07, 6.45) is -7.59. The standard InChI is InChI=1S/C24H27F5N4O2.C24H25F5N4O2.B.Na.H/c2*1-32-19-5-3-15(25)11-17(19)20(34)12-23(32)6-8-33(9-7-23)22(35)31-13-14-2-4-18(26)16(10-14)21(30)24(27,28)29;;;/h2-5,10-11,20-21,34H,6-9,12-13,30H2,1H3,(H,31,35);2-5,10-11,21H,6-9,12-13,30H2,1H3,(H,31,35);;;/q;;;+1;-1/t20?,21-;21-;;;/m11.../s1. The zero-order valence-electron chi connectivity index (χ0n) is 40.6. The summed E-state index contributed by atoms with van der Waals surface area (Å²) in [5, 5.41) is 16.0. The number of carbonyl (C=O) groups is 3. The third-order valence-corrected chi connectivity index (χ3v) is 14.2. The molecular formula is C48H53BF10N8NaO4. The summed E-state index contributed by atoms with van der Waals surface area (Å²) in [5.41, 5.74) is 10.9. The summed E-state index contributed by atoms with van der Waals surface area (Å²) < 4.78 is 132. The van der Waals surface area contributed by atoms with Gasteiger partial charge in [0.1, 0.15) is 35.4 Å². The molecule has 4 aromatic rings. The molecule has 0 bridgehead atoms. The van der Waals surface area contributed by atoms with Gasteiger partial charge in [0, 0.05) is 114 Å². The predicted octanol–water partition coefficient (Wildman–Crippen LogP) is 5.17. The average molecular weight is 1030 g/mol.